The number of pyridine rings is 1. The van der Waals surface area contributed by atoms with E-state index < -0.39 is 17.6 Å². The van der Waals surface area contributed by atoms with Gasteiger partial charge in [-0.1, -0.05) is 6.07 Å². The fraction of sp³-hybridized carbons (Fsp3) is 0.136. The van der Waals surface area contributed by atoms with Crippen LogP contribution in [0.25, 0.3) is 11.8 Å². The van der Waals surface area contributed by atoms with E-state index in [1.165, 1.54) is 18.2 Å². The second-order valence-corrected chi connectivity index (χ2v) is 6.58. The predicted octanol–water partition coefficient (Wildman–Crippen LogP) is 5.05. The number of amides is 1. The topological polar surface area (TPSA) is 70.7 Å². The molecule has 0 aliphatic rings. The largest absolute Gasteiger partial charge is 0.416 e. The van der Waals surface area contributed by atoms with Crippen molar-refractivity contribution in [3.05, 3.63) is 82.9 Å². The molecule has 8 heteroatoms. The number of nitrogens with one attached hydrogen (secondary N) is 1. The molecule has 2 aromatic heterocycles. The molecular weight excluding hydrogens is 393 g/mol. The Morgan fingerprint density at radius 3 is 2.60 bits per heavy atom. The van der Waals surface area contributed by atoms with E-state index in [1.807, 2.05) is 36.6 Å². The Morgan fingerprint density at radius 1 is 1.20 bits per heavy atom. The molecule has 0 spiro atoms. The van der Waals surface area contributed by atoms with E-state index in [4.69, 9.17) is 0 Å². The summed E-state index contributed by atoms with van der Waals surface area (Å²) >= 11 is 0. The highest BCUT2D eigenvalue weighted by molar-refractivity contribution is 6.09. The van der Waals surface area contributed by atoms with E-state index in [0.717, 1.165) is 29.2 Å². The molecule has 5 nitrogen and oxygen atoms in total. The molecule has 1 aromatic carbocycles. The average Bonchev–Trinajstić information content (AvgIpc) is 2.99. The number of rotatable bonds is 4. The molecule has 0 fully saturated rings. The molecule has 30 heavy (non-hydrogen) atoms. The van der Waals surface area contributed by atoms with Gasteiger partial charge >= 0.3 is 6.18 Å². The van der Waals surface area contributed by atoms with Gasteiger partial charge in [-0.15, -0.1) is 0 Å². The Hall–Kier alpha value is -3.86. The van der Waals surface area contributed by atoms with Gasteiger partial charge in [0.2, 0.25) is 0 Å². The molecule has 0 radical (unpaired) electrons. The first-order valence-corrected chi connectivity index (χ1v) is 8.90. The maximum Gasteiger partial charge on any atom is 0.416 e. The average molecular weight is 410 g/mol. The number of benzene rings is 1. The van der Waals surface area contributed by atoms with Crippen LogP contribution in [0.2, 0.25) is 0 Å². The Bertz CT molecular complexity index is 1160. The summed E-state index contributed by atoms with van der Waals surface area (Å²) in [5.41, 5.74) is 1.99. The first-order chi connectivity index (χ1) is 14.2. The number of nitrogens with zero attached hydrogens (tertiary/aromatic N) is 3. The summed E-state index contributed by atoms with van der Waals surface area (Å²) in [6, 6.07) is 11.6. The summed E-state index contributed by atoms with van der Waals surface area (Å²) in [6.45, 7) is 3.72. The summed E-state index contributed by atoms with van der Waals surface area (Å²) in [4.78, 5) is 16.6. The predicted molar refractivity (Wildman–Crippen MR) is 107 cm³/mol. The van der Waals surface area contributed by atoms with Crippen molar-refractivity contribution in [1.29, 1.82) is 5.26 Å². The van der Waals surface area contributed by atoms with Gasteiger partial charge in [0.25, 0.3) is 5.91 Å². The third-order valence-corrected chi connectivity index (χ3v) is 4.49. The summed E-state index contributed by atoms with van der Waals surface area (Å²) in [6.07, 6.45) is 0.236. The van der Waals surface area contributed by atoms with Gasteiger partial charge in [0, 0.05) is 23.3 Å². The lowest BCUT2D eigenvalue weighted by Crippen LogP contribution is -2.14. The van der Waals surface area contributed by atoms with Gasteiger partial charge in [-0.2, -0.15) is 18.4 Å². The number of carbonyl (C=O) groups excluding carboxylic acids is 1. The second kappa shape index (κ2) is 8.25. The molecule has 0 atom stereocenters. The summed E-state index contributed by atoms with van der Waals surface area (Å²) in [5.74, 6) is -0.789. The monoisotopic (exact) mass is 410 g/mol. The maximum atomic E-state index is 12.9. The number of halogens is 3. The molecule has 1 N–H and O–H groups in total. The summed E-state index contributed by atoms with van der Waals surface area (Å²) < 4.78 is 40.5. The van der Waals surface area contributed by atoms with Crippen LogP contribution in [-0.4, -0.2) is 15.5 Å². The lowest BCUT2D eigenvalue weighted by Gasteiger charge is -2.10. The molecule has 0 aliphatic carbocycles. The fourth-order valence-corrected chi connectivity index (χ4v) is 3.09. The Kier molecular flexibility index (Phi) is 5.74. The number of alkyl halides is 3. The highest BCUT2D eigenvalue weighted by Gasteiger charge is 2.30. The van der Waals surface area contributed by atoms with Crippen molar-refractivity contribution in [3.8, 4) is 11.8 Å². The minimum Gasteiger partial charge on any atom is -0.321 e. The first-order valence-electron chi connectivity index (χ1n) is 8.90. The number of hydrogen-bond donors (Lipinski definition) is 1. The number of carbonyl (C=O) groups is 1. The third-order valence-electron chi connectivity index (χ3n) is 4.49. The second-order valence-electron chi connectivity index (χ2n) is 6.58. The highest BCUT2D eigenvalue weighted by atomic mass is 19.4. The zero-order valence-corrected chi connectivity index (χ0v) is 16.2. The van der Waals surface area contributed by atoms with Gasteiger partial charge in [0.05, 0.1) is 17.4 Å². The molecule has 2 heterocycles. The lowest BCUT2D eigenvalue weighted by molar-refractivity contribution is -0.137. The van der Waals surface area contributed by atoms with Crippen LogP contribution in [-0.2, 0) is 11.0 Å². The molecule has 0 saturated heterocycles. The minimum atomic E-state index is -4.53. The van der Waals surface area contributed by atoms with Crippen LogP contribution in [0.3, 0.4) is 0 Å². The number of aryl methyl sites for hydroxylation is 1. The highest BCUT2D eigenvalue weighted by Crippen LogP contribution is 2.31. The minimum absolute atomic E-state index is 0.0446. The van der Waals surface area contributed by atoms with Crippen molar-refractivity contribution in [2.24, 2.45) is 0 Å². The lowest BCUT2D eigenvalue weighted by atomic mass is 10.1. The summed E-state index contributed by atoms with van der Waals surface area (Å²) in [5, 5.41) is 11.8. The van der Waals surface area contributed by atoms with Crippen molar-refractivity contribution in [2.75, 3.05) is 5.32 Å². The SMILES string of the molecule is Cc1cc(/C=C(/C#N)C(=O)Nc2cccc(C(F)(F)F)c2)c(C)n1-c1cccnc1. The van der Waals surface area contributed by atoms with Crippen LogP contribution in [0.1, 0.15) is 22.5 Å². The Balaban J connectivity index is 1.90. The third kappa shape index (κ3) is 4.41. The van der Waals surface area contributed by atoms with Gasteiger partial charge in [0.15, 0.2) is 0 Å². The molecular formula is C22H17F3N4O. The van der Waals surface area contributed by atoms with Crippen LogP contribution in [0.4, 0.5) is 18.9 Å². The van der Waals surface area contributed by atoms with Crippen LogP contribution >= 0.6 is 0 Å². The normalized spacial score (nSPS) is 11.8. The van der Waals surface area contributed by atoms with E-state index in [-0.39, 0.29) is 11.3 Å². The fourth-order valence-electron chi connectivity index (χ4n) is 3.09. The van der Waals surface area contributed by atoms with Crippen LogP contribution in [0.15, 0.2) is 60.4 Å². The van der Waals surface area contributed by atoms with Crippen molar-refractivity contribution < 1.29 is 18.0 Å². The molecule has 3 rings (SSSR count). The maximum absolute atomic E-state index is 12.9. The molecule has 0 unspecified atom stereocenters. The van der Waals surface area contributed by atoms with Crippen LogP contribution < -0.4 is 5.32 Å². The zero-order chi connectivity index (χ0) is 21.9. The molecule has 152 valence electrons. The number of aromatic nitrogens is 2. The zero-order valence-electron chi connectivity index (χ0n) is 16.2. The van der Waals surface area contributed by atoms with Crippen molar-refractivity contribution in [3.63, 3.8) is 0 Å². The molecule has 0 aliphatic heterocycles. The van der Waals surface area contributed by atoms with Crippen molar-refractivity contribution in [2.45, 2.75) is 20.0 Å². The van der Waals surface area contributed by atoms with Gasteiger partial charge in [-0.3, -0.25) is 9.78 Å². The molecule has 0 bridgehead atoms. The van der Waals surface area contributed by atoms with Crippen LogP contribution in [0.5, 0.6) is 0 Å². The van der Waals surface area contributed by atoms with Crippen molar-refractivity contribution >= 4 is 17.7 Å². The summed E-state index contributed by atoms with van der Waals surface area (Å²) in [7, 11) is 0. The standard InChI is InChI=1S/C22H17F3N4O/c1-14-9-16(15(2)29(14)20-7-4-8-27-13-20)10-17(12-26)21(30)28-19-6-3-5-18(11-19)22(23,24)25/h3-11,13H,1-2H3,(H,28,30)/b17-10-. The Labute approximate surface area is 171 Å². The van der Waals surface area contributed by atoms with E-state index >= 15 is 0 Å². The van der Waals surface area contributed by atoms with E-state index in [1.54, 1.807) is 18.5 Å². The molecule has 0 saturated carbocycles. The number of hydrogen-bond acceptors (Lipinski definition) is 3. The number of anilines is 1. The molecule has 3 aromatic rings. The number of nitriles is 1. The van der Waals surface area contributed by atoms with E-state index in [2.05, 4.69) is 10.3 Å². The quantitative estimate of drug-likeness (QED) is 0.483. The van der Waals surface area contributed by atoms with Crippen LogP contribution in [0, 0.1) is 25.2 Å². The Morgan fingerprint density at radius 2 is 1.97 bits per heavy atom. The smallest absolute Gasteiger partial charge is 0.321 e. The molecule has 1 amide bonds. The van der Waals surface area contributed by atoms with Gasteiger partial charge < -0.3 is 9.88 Å². The van der Waals surface area contributed by atoms with Crippen molar-refractivity contribution in [1.82, 2.24) is 9.55 Å². The van der Waals surface area contributed by atoms with Gasteiger partial charge in [0.1, 0.15) is 11.6 Å². The van der Waals surface area contributed by atoms with Gasteiger partial charge in [-0.05, 0) is 61.9 Å². The van der Waals surface area contributed by atoms with E-state index in [0.29, 0.717) is 5.56 Å². The first kappa shape index (κ1) is 20.9. The van der Waals surface area contributed by atoms with E-state index in [9.17, 15) is 23.2 Å². The van der Waals surface area contributed by atoms with Gasteiger partial charge in [-0.25, -0.2) is 0 Å².